The Hall–Kier alpha value is -1.87. The molecule has 0 unspecified atom stereocenters. The van der Waals surface area contributed by atoms with Gasteiger partial charge in [0.15, 0.2) is 0 Å². The Labute approximate surface area is 121 Å². The number of hydrogen-bond donors (Lipinski definition) is 0. The van der Waals surface area contributed by atoms with Crippen molar-refractivity contribution in [2.45, 2.75) is 19.3 Å². The average Bonchev–Trinajstić information content (AvgIpc) is 2.76. The smallest absolute Gasteiger partial charge is 0.125 e. The molecule has 20 heavy (non-hydrogen) atoms. The molecule has 0 aliphatic carbocycles. The SMILES string of the molecule is Cc1cccc(Cn2c(CCl)nc3ccc(F)cc32)c1. The van der Waals surface area contributed by atoms with E-state index in [2.05, 4.69) is 30.1 Å². The van der Waals surface area contributed by atoms with Crippen LogP contribution < -0.4 is 0 Å². The fourth-order valence-electron chi connectivity index (χ4n) is 2.42. The Bertz CT molecular complexity index is 764. The van der Waals surface area contributed by atoms with Gasteiger partial charge in [0.05, 0.1) is 16.9 Å². The van der Waals surface area contributed by atoms with Gasteiger partial charge in [0, 0.05) is 6.54 Å². The summed E-state index contributed by atoms with van der Waals surface area (Å²) >= 11 is 5.96. The molecule has 0 bridgehead atoms. The third-order valence-corrected chi connectivity index (χ3v) is 3.57. The zero-order chi connectivity index (χ0) is 14.1. The largest absolute Gasteiger partial charge is 0.322 e. The van der Waals surface area contributed by atoms with Gasteiger partial charge in [-0.1, -0.05) is 29.8 Å². The summed E-state index contributed by atoms with van der Waals surface area (Å²) in [6.07, 6.45) is 0. The summed E-state index contributed by atoms with van der Waals surface area (Å²) in [5.41, 5.74) is 3.90. The zero-order valence-corrected chi connectivity index (χ0v) is 11.9. The van der Waals surface area contributed by atoms with Gasteiger partial charge in [0.25, 0.3) is 0 Å². The second kappa shape index (κ2) is 5.25. The van der Waals surface area contributed by atoms with Crippen LogP contribution in [-0.2, 0) is 12.4 Å². The van der Waals surface area contributed by atoms with Gasteiger partial charge in [-0.2, -0.15) is 0 Å². The van der Waals surface area contributed by atoms with Crippen molar-refractivity contribution in [3.05, 3.63) is 65.2 Å². The monoisotopic (exact) mass is 288 g/mol. The molecule has 1 heterocycles. The molecule has 0 amide bonds. The van der Waals surface area contributed by atoms with Crippen molar-refractivity contribution in [3.8, 4) is 0 Å². The van der Waals surface area contributed by atoms with E-state index in [1.54, 1.807) is 6.07 Å². The van der Waals surface area contributed by atoms with E-state index in [1.165, 1.54) is 17.7 Å². The zero-order valence-electron chi connectivity index (χ0n) is 11.1. The number of imidazole rings is 1. The molecule has 0 N–H and O–H groups in total. The van der Waals surface area contributed by atoms with Gasteiger partial charge in [-0.15, -0.1) is 11.6 Å². The molecule has 2 aromatic carbocycles. The fourth-order valence-corrected chi connectivity index (χ4v) is 2.62. The Morgan fingerprint density at radius 1 is 1.20 bits per heavy atom. The van der Waals surface area contributed by atoms with Crippen molar-refractivity contribution >= 4 is 22.6 Å². The number of aryl methyl sites for hydroxylation is 1. The molecule has 0 spiro atoms. The standard InChI is InChI=1S/C16H14ClFN2/c1-11-3-2-4-12(7-11)10-20-15-8-13(18)5-6-14(15)19-16(20)9-17/h2-8H,9-10H2,1H3. The molecular weight excluding hydrogens is 275 g/mol. The molecule has 0 saturated heterocycles. The molecule has 0 radical (unpaired) electrons. The lowest BCUT2D eigenvalue weighted by Gasteiger charge is -2.08. The summed E-state index contributed by atoms with van der Waals surface area (Å²) in [7, 11) is 0. The van der Waals surface area contributed by atoms with E-state index in [9.17, 15) is 4.39 Å². The Morgan fingerprint density at radius 2 is 2.05 bits per heavy atom. The summed E-state index contributed by atoms with van der Waals surface area (Å²) in [5.74, 6) is 0.806. The van der Waals surface area contributed by atoms with Gasteiger partial charge < -0.3 is 4.57 Å². The number of alkyl halides is 1. The summed E-state index contributed by atoms with van der Waals surface area (Å²) < 4.78 is 15.4. The Balaban J connectivity index is 2.11. The first-order chi connectivity index (χ1) is 9.67. The van der Waals surface area contributed by atoms with Crippen LogP contribution in [0.2, 0.25) is 0 Å². The van der Waals surface area contributed by atoms with Crippen molar-refractivity contribution in [3.63, 3.8) is 0 Å². The average molecular weight is 289 g/mol. The lowest BCUT2D eigenvalue weighted by molar-refractivity contribution is 0.628. The number of rotatable bonds is 3. The van der Waals surface area contributed by atoms with Gasteiger partial charge in [-0.3, -0.25) is 0 Å². The quantitative estimate of drug-likeness (QED) is 0.658. The third kappa shape index (κ3) is 2.41. The molecule has 0 atom stereocenters. The van der Waals surface area contributed by atoms with Gasteiger partial charge >= 0.3 is 0 Å². The first-order valence-electron chi connectivity index (χ1n) is 6.43. The van der Waals surface area contributed by atoms with Crippen LogP contribution >= 0.6 is 11.6 Å². The Kier molecular flexibility index (Phi) is 3.45. The van der Waals surface area contributed by atoms with Gasteiger partial charge in [-0.05, 0) is 30.7 Å². The summed E-state index contributed by atoms with van der Waals surface area (Å²) in [6, 6.07) is 12.9. The summed E-state index contributed by atoms with van der Waals surface area (Å²) in [5, 5.41) is 0. The van der Waals surface area contributed by atoms with Crippen LogP contribution in [0.3, 0.4) is 0 Å². The molecule has 3 aromatic rings. The van der Waals surface area contributed by atoms with Crippen molar-refractivity contribution in [1.82, 2.24) is 9.55 Å². The molecule has 1 aromatic heterocycles. The van der Waals surface area contributed by atoms with Crippen molar-refractivity contribution in [2.24, 2.45) is 0 Å². The molecule has 2 nitrogen and oxygen atoms in total. The van der Waals surface area contributed by atoms with E-state index < -0.39 is 0 Å². The van der Waals surface area contributed by atoms with Gasteiger partial charge in [-0.25, -0.2) is 9.37 Å². The predicted octanol–water partition coefficient (Wildman–Crippen LogP) is 4.27. The minimum absolute atomic E-state index is 0.260. The molecule has 0 aliphatic rings. The molecule has 3 rings (SSSR count). The second-order valence-electron chi connectivity index (χ2n) is 4.87. The molecular formula is C16H14ClFN2. The first kappa shape index (κ1) is 13.1. The van der Waals surface area contributed by atoms with E-state index >= 15 is 0 Å². The second-order valence-corrected chi connectivity index (χ2v) is 5.14. The maximum absolute atomic E-state index is 13.5. The fraction of sp³-hybridized carbons (Fsp3) is 0.188. The Morgan fingerprint density at radius 3 is 2.80 bits per heavy atom. The topological polar surface area (TPSA) is 17.8 Å². The molecule has 0 aliphatic heterocycles. The van der Waals surface area contributed by atoms with E-state index in [1.807, 2.05) is 10.6 Å². The van der Waals surface area contributed by atoms with Crippen molar-refractivity contribution in [2.75, 3.05) is 0 Å². The molecule has 4 heteroatoms. The van der Waals surface area contributed by atoms with Gasteiger partial charge in [0.1, 0.15) is 11.6 Å². The minimum Gasteiger partial charge on any atom is -0.322 e. The highest BCUT2D eigenvalue weighted by Crippen LogP contribution is 2.20. The van der Waals surface area contributed by atoms with Crippen molar-refractivity contribution in [1.29, 1.82) is 0 Å². The van der Waals surface area contributed by atoms with E-state index in [-0.39, 0.29) is 5.82 Å². The number of aromatic nitrogens is 2. The lowest BCUT2D eigenvalue weighted by atomic mass is 10.1. The van der Waals surface area contributed by atoms with Crippen LogP contribution in [0, 0.1) is 12.7 Å². The normalized spacial score (nSPS) is 11.2. The summed E-state index contributed by atoms with van der Waals surface area (Å²) in [6.45, 7) is 2.70. The maximum atomic E-state index is 13.5. The van der Waals surface area contributed by atoms with Crippen molar-refractivity contribution < 1.29 is 4.39 Å². The molecule has 0 fully saturated rings. The predicted molar refractivity (Wildman–Crippen MR) is 79.5 cm³/mol. The maximum Gasteiger partial charge on any atom is 0.125 e. The van der Waals surface area contributed by atoms with Gasteiger partial charge in [0.2, 0.25) is 0 Å². The number of hydrogen-bond acceptors (Lipinski definition) is 1. The van der Waals surface area contributed by atoms with Crippen LogP contribution in [0.4, 0.5) is 4.39 Å². The molecule has 0 saturated carbocycles. The van der Waals surface area contributed by atoms with Crippen LogP contribution in [0.25, 0.3) is 11.0 Å². The third-order valence-electron chi connectivity index (χ3n) is 3.33. The highest BCUT2D eigenvalue weighted by atomic mass is 35.5. The highest BCUT2D eigenvalue weighted by molar-refractivity contribution is 6.16. The number of halogens is 2. The van der Waals surface area contributed by atoms with Crippen LogP contribution in [0.15, 0.2) is 42.5 Å². The minimum atomic E-state index is -0.260. The number of nitrogens with zero attached hydrogens (tertiary/aromatic N) is 2. The summed E-state index contributed by atoms with van der Waals surface area (Å²) in [4.78, 5) is 4.46. The highest BCUT2D eigenvalue weighted by Gasteiger charge is 2.11. The van der Waals surface area contributed by atoms with Crippen LogP contribution in [0.5, 0.6) is 0 Å². The molecule has 102 valence electrons. The van der Waals surface area contributed by atoms with Crippen LogP contribution in [-0.4, -0.2) is 9.55 Å². The van der Waals surface area contributed by atoms with Crippen LogP contribution in [0.1, 0.15) is 17.0 Å². The van der Waals surface area contributed by atoms with E-state index in [0.29, 0.717) is 12.4 Å². The first-order valence-corrected chi connectivity index (χ1v) is 6.97. The number of benzene rings is 2. The number of fused-ring (bicyclic) bond motifs is 1. The van der Waals surface area contributed by atoms with E-state index in [0.717, 1.165) is 22.4 Å². The van der Waals surface area contributed by atoms with E-state index in [4.69, 9.17) is 11.6 Å². The lowest BCUT2D eigenvalue weighted by Crippen LogP contribution is -2.04.